The van der Waals surface area contributed by atoms with Crippen molar-refractivity contribution in [1.29, 1.82) is 0 Å². The van der Waals surface area contributed by atoms with E-state index in [4.69, 9.17) is 9.15 Å². The number of thiazole rings is 1. The fraction of sp³-hybridized carbons (Fsp3) is 0.550. The second-order valence-corrected chi connectivity index (χ2v) is 8.34. The summed E-state index contributed by atoms with van der Waals surface area (Å²) >= 11 is 1.67. The predicted octanol–water partition coefficient (Wildman–Crippen LogP) is 3.01. The number of carbonyl (C=O) groups is 2. The molecule has 0 unspecified atom stereocenters. The summed E-state index contributed by atoms with van der Waals surface area (Å²) in [5, 5.41) is 3.19. The molecule has 0 atom stereocenters. The number of methoxy groups -OCH3 is 1. The summed E-state index contributed by atoms with van der Waals surface area (Å²) in [6.07, 6.45) is 1.69. The monoisotopic (exact) mass is 405 g/mol. The number of likely N-dealkylation sites (tertiary alicyclic amines) is 1. The molecule has 28 heavy (non-hydrogen) atoms. The Morgan fingerprint density at radius 1 is 1.36 bits per heavy atom. The van der Waals surface area contributed by atoms with Gasteiger partial charge in [0.1, 0.15) is 17.1 Å². The van der Waals surface area contributed by atoms with Crippen molar-refractivity contribution in [1.82, 2.24) is 14.8 Å². The van der Waals surface area contributed by atoms with Crippen molar-refractivity contribution in [2.75, 3.05) is 27.2 Å². The molecule has 2 aromatic rings. The average molecular weight is 406 g/mol. The molecule has 8 heteroatoms. The molecule has 0 N–H and O–H groups in total. The predicted molar refractivity (Wildman–Crippen MR) is 106 cm³/mol. The number of piperidine rings is 1. The Morgan fingerprint density at radius 2 is 2.07 bits per heavy atom. The van der Waals surface area contributed by atoms with Gasteiger partial charge in [-0.1, -0.05) is 0 Å². The number of furan rings is 1. The highest BCUT2D eigenvalue weighted by Gasteiger charge is 2.28. The maximum absolute atomic E-state index is 12.8. The number of nitrogens with zero attached hydrogens (tertiary/aromatic N) is 3. The van der Waals surface area contributed by atoms with Crippen molar-refractivity contribution < 1.29 is 18.7 Å². The smallest absolute Gasteiger partial charge is 0.341 e. The zero-order chi connectivity index (χ0) is 20.3. The number of hydrogen-bond donors (Lipinski definition) is 0. The Morgan fingerprint density at radius 3 is 2.68 bits per heavy atom. The van der Waals surface area contributed by atoms with Gasteiger partial charge in [0.25, 0.3) is 0 Å². The summed E-state index contributed by atoms with van der Waals surface area (Å²) < 4.78 is 10.4. The molecule has 3 heterocycles. The molecule has 1 saturated heterocycles. The highest BCUT2D eigenvalue weighted by Crippen LogP contribution is 2.23. The summed E-state index contributed by atoms with van der Waals surface area (Å²) in [6.45, 7) is 6.72. The number of aromatic nitrogens is 1. The van der Waals surface area contributed by atoms with Crippen molar-refractivity contribution in [3.05, 3.63) is 39.2 Å². The van der Waals surface area contributed by atoms with Gasteiger partial charge in [-0.2, -0.15) is 0 Å². The average Bonchev–Trinajstić information content (AvgIpc) is 3.26. The highest BCUT2D eigenvalue weighted by atomic mass is 32.1. The van der Waals surface area contributed by atoms with Crippen LogP contribution in [0.4, 0.5) is 0 Å². The molecular weight excluding hydrogens is 378 g/mol. The van der Waals surface area contributed by atoms with Gasteiger partial charge in [-0.05, 0) is 45.8 Å². The van der Waals surface area contributed by atoms with Gasteiger partial charge < -0.3 is 14.1 Å². The normalized spacial score (nSPS) is 15.6. The molecule has 152 valence electrons. The van der Waals surface area contributed by atoms with Gasteiger partial charge >= 0.3 is 5.97 Å². The first-order valence-electron chi connectivity index (χ1n) is 9.43. The van der Waals surface area contributed by atoms with Gasteiger partial charge in [0.15, 0.2) is 0 Å². The molecule has 0 spiro atoms. The molecule has 1 aliphatic rings. The van der Waals surface area contributed by atoms with Crippen LogP contribution < -0.4 is 0 Å². The minimum absolute atomic E-state index is 0.0227. The van der Waals surface area contributed by atoms with Crippen LogP contribution in [0.15, 0.2) is 15.9 Å². The summed E-state index contributed by atoms with van der Waals surface area (Å²) in [5.41, 5.74) is 1.52. The van der Waals surface area contributed by atoms with Gasteiger partial charge in [0, 0.05) is 24.9 Å². The first-order chi connectivity index (χ1) is 13.4. The molecule has 0 bridgehead atoms. The molecule has 1 amide bonds. The number of carbonyl (C=O) groups excluding carboxylic acids is 2. The summed E-state index contributed by atoms with van der Waals surface area (Å²) in [4.78, 5) is 33.1. The van der Waals surface area contributed by atoms with Crippen LogP contribution in [0.25, 0.3) is 0 Å². The Labute approximate surface area is 169 Å². The Kier molecular flexibility index (Phi) is 6.51. The molecular formula is C20H27N3O4S. The van der Waals surface area contributed by atoms with E-state index in [2.05, 4.69) is 15.3 Å². The molecule has 2 aromatic heterocycles. The second kappa shape index (κ2) is 8.87. The van der Waals surface area contributed by atoms with Gasteiger partial charge in [-0.25, -0.2) is 9.78 Å². The molecule has 0 aliphatic carbocycles. The van der Waals surface area contributed by atoms with Crippen LogP contribution in [0.1, 0.15) is 45.4 Å². The third kappa shape index (κ3) is 4.80. The Bertz CT molecular complexity index is 836. The first-order valence-corrected chi connectivity index (χ1v) is 10.3. The standard InChI is InChI=1S/C20H27N3O4S/c1-13-18(20(25)26-4)9-17(27-13)11-22(3)19(24)15-5-7-23(8-6-15)10-16-12-28-14(2)21-16/h9,12,15H,5-8,10-11H2,1-4H3. The van der Waals surface area contributed by atoms with Crippen molar-refractivity contribution in [3.63, 3.8) is 0 Å². The number of esters is 1. The summed E-state index contributed by atoms with van der Waals surface area (Å²) in [5.74, 6) is 0.815. The third-order valence-electron chi connectivity index (χ3n) is 5.13. The Hall–Kier alpha value is -2.19. The maximum Gasteiger partial charge on any atom is 0.341 e. The van der Waals surface area contributed by atoms with Gasteiger partial charge in [-0.3, -0.25) is 9.69 Å². The minimum atomic E-state index is -0.427. The summed E-state index contributed by atoms with van der Waals surface area (Å²) in [7, 11) is 3.12. The van der Waals surface area contributed by atoms with Crippen LogP contribution in [0, 0.1) is 19.8 Å². The quantitative estimate of drug-likeness (QED) is 0.688. The van der Waals surface area contributed by atoms with Crippen LogP contribution in [-0.4, -0.2) is 53.9 Å². The second-order valence-electron chi connectivity index (χ2n) is 7.28. The van der Waals surface area contributed by atoms with Crippen LogP contribution in [-0.2, 0) is 22.6 Å². The SMILES string of the molecule is COC(=O)c1cc(CN(C)C(=O)C2CCN(Cc3csc(C)n3)CC2)oc1C. The first kappa shape index (κ1) is 20.5. The lowest BCUT2D eigenvalue weighted by Gasteiger charge is -2.32. The molecule has 0 aromatic carbocycles. The number of rotatable bonds is 6. The van der Waals surface area contributed by atoms with E-state index in [1.54, 1.807) is 36.3 Å². The van der Waals surface area contributed by atoms with Crippen molar-refractivity contribution in [2.24, 2.45) is 5.92 Å². The topological polar surface area (TPSA) is 75.9 Å². The van der Waals surface area contributed by atoms with E-state index in [9.17, 15) is 9.59 Å². The number of hydrogen-bond acceptors (Lipinski definition) is 7. The number of amides is 1. The third-order valence-corrected chi connectivity index (χ3v) is 5.95. The van der Waals surface area contributed by atoms with E-state index in [-0.39, 0.29) is 11.8 Å². The van der Waals surface area contributed by atoms with E-state index in [1.165, 1.54) is 7.11 Å². The lowest BCUT2D eigenvalue weighted by Crippen LogP contribution is -2.40. The van der Waals surface area contributed by atoms with E-state index in [0.29, 0.717) is 23.6 Å². The number of ether oxygens (including phenoxy) is 1. The molecule has 0 radical (unpaired) electrons. The largest absolute Gasteiger partial charge is 0.465 e. The Balaban J connectivity index is 1.51. The molecule has 1 aliphatic heterocycles. The maximum atomic E-state index is 12.8. The zero-order valence-electron chi connectivity index (χ0n) is 16.9. The lowest BCUT2D eigenvalue weighted by molar-refractivity contribution is -0.136. The summed E-state index contributed by atoms with van der Waals surface area (Å²) in [6, 6.07) is 1.66. The van der Waals surface area contributed by atoms with E-state index < -0.39 is 5.97 Å². The highest BCUT2D eigenvalue weighted by molar-refractivity contribution is 7.09. The number of aryl methyl sites for hydroxylation is 2. The van der Waals surface area contributed by atoms with E-state index in [0.717, 1.165) is 43.2 Å². The van der Waals surface area contributed by atoms with Crippen molar-refractivity contribution >= 4 is 23.2 Å². The van der Waals surface area contributed by atoms with Crippen LogP contribution in [0.2, 0.25) is 0 Å². The molecule has 1 fully saturated rings. The fourth-order valence-electron chi connectivity index (χ4n) is 3.61. The van der Waals surface area contributed by atoms with Crippen molar-refractivity contribution in [2.45, 2.75) is 39.8 Å². The van der Waals surface area contributed by atoms with Gasteiger partial charge in [0.05, 0.1) is 24.4 Å². The van der Waals surface area contributed by atoms with E-state index in [1.807, 2.05) is 6.92 Å². The van der Waals surface area contributed by atoms with Gasteiger partial charge in [0.2, 0.25) is 5.91 Å². The van der Waals surface area contributed by atoms with Gasteiger partial charge in [-0.15, -0.1) is 11.3 Å². The van der Waals surface area contributed by atoms with E-state index >= 15 is 0 Å². The van der Waals surface area contributed by atoms with Crippen LogP contribution >= 0.6 is 11.3 Å². The molecule has 0 saturated carbocycles. The van der Waals surface area contributed by atoms with Crippen molar-refractivity contribution in [3.8, 4) is 0 Å². The van der Waals surface area contributed by atoms with Crippen LogP contribution in [0.3, 0.4) is 0 Å². The fourth-order valence-corrected chi connectivity index (χ4v) is 4.21. The minimum Gasteiger partial charge on any atom is -0.465 e. The zero-order valence-corrected chi connectivity index (χ0v) is 17.7. The molecule has 3 rings (SSSR count). The van der Waals surface area contributed by atoms with Crippen LogP contribution in [0.5, 0.6) is 0 Å². The lowest BCUT2D eigenvalue weighted by atomic mass is 9.95. The molecule has 7 nitrogen and oxygen atoms in total.